The standard InChI is InChI=1S/C13H17N5O3/c19-12(11-6-14-13(20)17-11)16-10-5-15-18(8-10)7-9-1-3-21-4-2-9/h5-6,8-9,11H,1-4,7H2,(H,16,19)(H,17,20). The Morgan fingerprint density at radius 3 is 3.00 bits per heavy atom. The zero-order chi connectivity index (χ0) is 14.7. The van der Waals surface area contributed by atoms with E-state index in [1.807, 2.05) is 4.68 Å². The molecule has 8 nitrogen and oxygen atoms in total. The fraction of sp³-hybridized carbons (Fsp3) is 0.538. The van der Waals surface area contributed by atoms with Crippen LogP contribution in [-0.4, -0.2) is 47.2 Å². The predicted octanol–water partition coefficient (Wildman–Crippen LogP) is 0.411. The van der Waals surface area contributed by atoms with Gasteiger partial charge in [-0.3, -0.25) is 9.48 Å². The molecule has 0 radical (unpaired) electrons. The quantitative estimate of drug-likeness (QED) is 0.839. The molecule has 3 rings (SSSR count). The van der Waals surface area contributed by atoms with Gasteiger partial charge in [0.05, 0.1) is 11.9 Å². The van der Waals surface area contributed by atoms with Gasteiger partial charge in [0.15, 0.2) is 0 Å². The summed E-state index contributed by atoms with van der Waals surface area (Å²) in [5.74, 6) is 0.235. The van der Waals surface area contributed by atoms with Gasteiger partial charge in [-0.1, -0.05) is 0 Å². The minimum absolute atomic E-state index is 0.324. The smallest absolute Gasteiger partial charge is 0.341 e. The van der Waals surface area contributed by atoms with Crippen LogP contribution in [0.3, 0.4) is 0 Å². The Balaban J connectivity index is 1.53. The van der Waals surface area contributed by atoms with Gasteiger partial charge in [0.1, 0.15) is 6.04 Å². The Bertz CT molecular complexity index is 562. The van der Waals surface area contributed by atoms with E-state index in [0.717, 1.165) is 32.6 Å². The molecular weight excluding hydrogens is 274 g/mol. The number of carbonyl (C=O) groups excluding carboxylic acids is 2. The van der Waals surface area contributed by atoms with E-state index in [-0.39, 0.29) is 5.91 Å². The average molecular weight is 291 g/mol. The first kappa shape index (κ1) is 13.7. The Hall–Kier alpha value is -2.22. The number of nitrogens with one attached hydrogen (secondary N) is 2. The number of hydrogen-bond donors (Lipinski definition) is 2. The van der Waals surface area contributed by atoms with Gasteiger partial charge in [-0.25, -0.2) is 9.79 Å². The van der Waals surface area contributed by atoms with E-state index in [4.69, 9.17) is 4.74 Å². The van der Waals surface area contributed by atoms with Crippen molar-refractivity contribution in [3.63, 3.8) is 0 Å². The lowest BCUT2D eigenvalue weighted by molar-refractivity contribution is -0.116. The molecule has 2 aliphatic heterocycles. The van der Waals surface area contributed by atoms with Crippen LogP contribution in [0.25, 0.3) is 0 Å². The number of anilines is 1. The summed E-state index contributed by atoms with van der Waals surface area (Å²) in [6.07, 6.45) is 6.76. The molecule has 0 aromatic carbocycles. The van der Waals surface area contributed by atoms with Crippen LogP contribution in [0, 0.1) is 5.92 Å². The molecule has 2 N–H and O–H groups in total. The Morgan fingerprint density at radius 2 is 2.29 bits per heavy atom. The zero-order valence-electron chi connectivity index (χ0n) is 11.5. The summed E-state index contributed by atoms with van der Waals surface area (Å²) in [6, 6.07) is -1.21. The third kappa shape index (κ3) is 3.46. The maximum Gasteiger partial charge on any atom is 0.341 e. The Kier molecular flexibility index (Phi) is 3.96. The fourth-order valence-electron chi connectivity index (χ4n) is 2.42. The molecule has 2 aliphatic rings. The maximum absolute atomic E-state index is 11.9. The van der Waals surface area contributed by atoms with Gasteiger partial charge >= 0.3 is 6.03 Å². The lowest BCUT2D eigenvalue weighted by atomic mass is 10.0. The number of nitrogens with zero attached hydrogens (tertiary/aromatic N) is 3. The van der Waals surface area contributed by atoms with Crippen LogP contribution in [0.15, 0.2) is 17.4 Å². The molecule has 3 heterocycles. The first-order chi connectivity index (χ1) is 10.2. The van der Waals surface area contributed by atoms with Crippen molar-refractivity contribution in [2.75, 3.05) is 18.5 Å². The summed E-state index contributed by atoms with van der Waals surface area (Å²) in [6.45, 7) is 2.42. The first-order valence-electron chi connectivity index (χ1n) is 6.96. The van der Waals surface area contributed by atoms with Crippen LogP contribution in [0.2, 0.25) is 0 Å². The second kappa shape index (κ2) is 6.04. The largest absolute Gasteiger partial charge is 0.381 e. The summed E-state index contributed by atoms with van der Waals surface area (Å²) < 4.78 is 7.15. The molecule has 1 saturated heterocycles. The van der Waals surface area contributed by atoms with Crippen LogP contribution in [-0.2, 0) is 16.1 Å². The topological polar surface area (TPSA) is 97.6 Å². The molecule has 112 valence electrons. The summed E-state index contributed by atoms with van der Waals surface area (Å²) in [5.41, 5.74) is 0.613. The second-order valence-electron chi connectivity index (χ2n) is 5.20. The number of aliphatic imine (C=N–C) groups is 1. The molecule has 1 fully saturated rings. The Labute approximate surface area is 121 Å². The molecule has 0 bridgehead atoms. The minimum atomic E-state index is -0.712. The first-order valence-corrected chi connectivity index (χ1v) is 6.96. The molecule has 0 saturated carbocycles. The molecule has 3 amide bonds. The van der Waals surface area contributed by atoms with E-state index in [0.29, 0.717) is 11.6 Å². The van der Waals surface area contributed by atoms with Crippen molar-refractivity contribution in [2.24, 2.45) is 10.9 Å². The highest BCUT2D eigenvalue weighted by Crippen LogP contribution is 2.17. The second-order valence-corrected chi connectivity index (χ2v) is 5.20. The molecule has 1 atom stereocenters. The van der Waals surface area contributed by atoms with Gasteiger partial charge in [0.2, 0.25) is 0 Å². The molecule has 1 unspecified atom stereocenters. The molecular formula is C13H17N5O3. The fourth-order valence-corrected chi connectivity index (χ4v) is 2.42. The monoisotopic (exact) mass is 291 g/mol. The number of hydrogen-bond acceptors (Lipinski definition) is 4. The highest BCUT2D eigenvalue weighted by atomic mass is 16.5. The van der Waals surface area contributed by atoms with E-state index in [1.54, 1.807) is 12.4 Å². The van der Waals surface area contributed by atoms with Crippen molar-refractivity contribution in [1.29, 1.82) is 0 Å². The van der Waals surface area contributed by atoms with Crippen LogP contribution in [0.5, 0.6) is 0 Å². The predicted molar refractivity (Wildman–Crippen MR) is 75.2 cm³/mol. The van der Waals surface area contributed by atoms with Gasteiger partial charge < -0.3 is 15.4 Å². The Morgan fingerprint density at radius 1 is 1.48 bits per heavy atom. The zero-order valence-corrected chi connectivity index (χ0v) is 11.5. The van der Waals surface area contributed by atoms with Crippen molar-refractivity contribution < 1.29 is 14.3 Å². The third-order valence-electron chi connectivity index (χ3n) is 3.59. The molecule has 0 aliphatic carbocycles. The van der Waals surface area contributed by atoms with Crippen molar-refractivity contribution in [3.8, 4) is 0 Å². The highest BCUT2D eigenvalue weighted by Gasteiger charge is 2.23. The summed E-state index contributed by atoms with van der Waals surface area (Å²) in [5, 5.41) is 9.39. The molecule has 1 aromatic rings. The van der Waals surface area contributed by atoms with E-state index < -0.39 is 12.1 Å². The third-order valence-corrected chi connectivity index (χ3v) is 3.59. The highest BCUT2D eigenvalue weighted by molar-refractivity contribution is 6.11. The van der Waals surface area contributed by atoms with Crippen LogP contribution < -0.4 is 10.6 Å². The maximum atomic E-state index is 11.9. The van der Waals surface area contributed by atoms with E-state index in [2.05, 4.69) is 20.7 Å². The summed E-state index contributed by atoms with van der Waals surface area (Å²) in [4.78, 5) is 26.3. The van der Waals surface area contributed by atoms with Crippen molar-refractivity contribution >= 4 is 23.8 Å². The van der Waals surface area contributed by atoms with E-state index >= 15 is 0 Å². The van der Waals surface area contributed by atoms with Gasteiger partial charge in [-0.05, 0) is 18.8 Å². The average Bonchev–Trinajstić information content (AvgIpc) is 3.09. The number of carbonyl (C=O) groups is 2. The number of aromatic nitrogens is 2. The molecule has 1 aromatic heterocycles. The van der Waals surface area contributed by atoms with Gasteiger partial charge in [-0.2, -0.15) is 5.10 Å². The lowest BCUT2D eigenvalue weighted by Gasteiger charge is -2.21. The SMILES string of the molecule is O=C1N=CC(C(=O)Nc2cnn(CC3CCOCC3)c2)N1. The van der Waals surface area contributed by atoms with Gasteiger partial charge in [-0.15, -0.1) is 0 Å². The van der Waals surface area contributed by atoms with Crippen LogP contribution in [0.1, 0.15) is 12.8 Å². The minimum Gasteiger partial charge on any atom is -0.381 e. The van der Waals surface area contributed by atoms with Crippen molar-refractivity contribution in [3.05, 3.63) is 12.4 Å². The number of ether oxygens (including phenoxy) is 1. The number of urea groups is 1. The normalized spacial score (nSPS) is 22.3. The van der Waals surface area contributed by atoms with Crippen LogP contribution in [0.4, 0.5) is 10.5 Å². The van der Waals surface area contributed by atoms with E-state index in [1.165, 1.54) is 6.21 Å². The molecule has 21 heavy (non-hydrogen) atoms. The number of amides is 3. The van der Waals surface area contributed by atoms with Crippen molar-refractivity contribution in [2.45, 2.75) is 25.4 Å². The van der Waals surface area contributed by atoms with E-state index in [9.17, 15) is 9.59 Å². The molecule has 8 heteroatoms. The van der Waals surface area contributed by atoms with Gasteiger partial charge in [0.25, 0.3) is 5.91 Å². The lowest BCUT2D eigenvalue weighted by Crippen LogP contribution is -2.39. The number of rotatable bonds is 4. The van der Waals surface area contributed by atoms with Crippen LogP contribution >= 0.6 is 0 Å². The summed E-state index contributed by atoms with van der Waals surface area (Å²) in [7, 11) is 0. The molecule has 0 spiro atoms. The summed E-state index contributed by atoms with van der Waals surface area (Å²) >= 11 is 0. The van der Waals surface area contributed by atoms with Gasteiger partial charge in [0, 0.05) is 32.2 Å². The van der Waals surface area contributed by atoms with Crippen molar-refractivity contribution in [1.82, 2.24) is 15.1 Å².